The van der Waals surface area contributed by atoms with Crippen LogP contribution in [0.1, 0.15) is 96.9 Å². The Balaban J connectivity index is 0.954. The van der Waals surface area contributed by atoms with Crippen LogP contribution in [0, 0.1) is 33.6 Å². The van der Waals surface area contributed by atoms with E-state index < -0.39 is 0 Å². The van der Waals surface area contributed by atoms with Gasteiger partial charge in [0.05, 0.1) is 5.69 Å². The predicted molar refractivity (Wildman–Crippen MR) is 340 cm³/mol. The molecule has 2 aliphatic rings. The molecule has 388 valence electrons. The monoisotopic (exact) mass is 1020 g/mol. The number of aryl methyl sites for hydroxylation is 4. The summed E-state index contributed by atoms with van der Waals surface area (Å²) in [5.41, 5.74) is 28.4. The first kappa shape index (κ1) is 51.1. The van der Waals surface area contributed by atoms with Gasteiger partial charge in [-0.25, -0.2) is 0 Å². The second kappa shape index (κ2) is 21.3. The third kappa shape index (κ3) is 9.98. The predicted octanol–water partition coefficient (Wildman–Crippen LogP) is 21.9. The van der Waals surface area contributed by atoms with Crippen molar-refractivity contribution in [2.45, 2.75) is 80.1 Å². The molecule has 2 nitrogen and oxygen atoms in total. The summed E-state index contributed by atoms with van der Waals surface area (Å²) >= 11 is 0. The lowest BCUT2D eigenvalue weighted by Crippen LogP contribution is -2.30. The maximum absolute atomic E-state index is 2.55. The molecule has 0 aromatic heterocycles. The molecule has 0 saturated carbocycles. The highest BCUT2D eigenvalue weighted by atomic mass is 15.2. The molecule has 0 N–H and O–H groups in total. The van der Waals surface area contributed by atoms with Crippen LogP contribution in [0.3, 0.4) is 0 Å². The SMILES string of the molecule is CC1=CC2c3cc(N(c4ccc(-c5ccc(-c6ccc(C(C)C)cc6)cc5)cc4)c4ccc(C)cc4C)c4ccccc4c3C=C(N(c3ccc(-c4ccc(-c5ccc(C(C)C)cc5)cc4)cc3)c3ccc(C)cc3C)C2C=C1. The van der Waals surface area contributed by atoms with E-state index >= 15 is 0 Å². The third-order valence-corrected chi connectivity index (χ3v) is 16.7. The smallest absolute Gasteiger partial charge is 0.0543 e. The largest absolute Gasteiger partial charge is 0.313 e. The van der Waals surface area contributed by atoms with Gasteiger partial charge in [0.25, 0.3) is 0 Å². The van der Waals surface area contributed by atoms with E-state index in [4.69, 9.17) is 0 Å². The number of hydrogen-bond acceptors (Lipinski definition) is 2. The lowest BCUT2D eigenvalue weighted by atomic mass is 9.72. The van der Waals surface area contributed by atoms with Gasteiger partial charge in [-0.1, -0.05) is 232 Å². The Labute approximate surface area is 469 Å². The van der Waals surface area contributed by atoms with Crippen molar-refractivity contribution >= 4 is 45.3 Å². The molecule has 0 fully saturated rings. The van der Waals surface area contributed by atoms with E-state index in [9.17, 15) is 0 Å². The normalized spacial score (nSPS) is 14.7. The number of hydrogen-bond donors (Lipinski definition) is 0. The summed E-state index contributed by atoms with van der Waals surface area (Å²) in [6.45, 7) is 20.1. The van der Waals surface area contributed by atoms with Crippen LogP contribution in [0.4, 0.5) is 28.4 Å². The molecule has 0 amide bonds. The minimum Gasteiger partial charge on any atom is -0.313 e. The van der Waals surface area contributed by atoms with Crippen molar-refractivity contribution < 1.29 is 0 Å². The zero-order valence-corrected chi connectivity index (χ0v) is 47.2. The molecule has 2 atom stereocenters. The van der Waals surface area contributed by atoms with Gasteiger partial charge in [-0.15, -0.1) is 0 Å². The van der Waals surface area contributed by atoms with Crippen molar-refractivity contribution in [2.24, 2.45) is 5.92 Å². The van der Waals surface area contributed by atoms with Crippen molar-refractivity contribution in [3.63, 3.8) is 0 Å². The molecule has 2 aliphatic carbocycles. The van der Waals surface area contributed by atoms with Gasteiger partial charge in [-0.3, -0.25) is 0 Å². The first-order chi connectivity index (χ1) is 38.3. The van der Waals surface area contributed by atoms with Crippen LogP contribution in [0.2, 0.25) is 0 Å². The molecule has 0 bridgehead atoms. The number of nitrogens with zero attached hydrogens (tertiary/aromatic N) is 2. The fourth-order valence-corrected chi connectivity index (χ4v) is 12.2. The lowest BCUT2D eigenvalue weighted by molar-refractivity contribution is 0.639. The van der Waals surface area contributed by atoms with Crippen LogP contribution in [-0.4, -0.2) is 0 Å². The molecule has 2 heteroatoms. The number of anilines is 5. The van der Waals surface area contributed by atoms with Gasteiger partial charge in [-0.05, 0) is 178 Å². The standard InChI is InChI=1S/C77H70N2/c1-49(2)56-17-21-58(22-18-56)60-25-29-62(30-26-60)64-33-37-66(38-34-64)78(74-42-15-51(5)44-54(74)8)76-48-73-71-46-53(7)14-41-70(71)77(47-72(73)68-12-10-11-13-69(68)76)79(75-43-16-52(6)45-55(75)9)67-39-35-65(36-40-67)63-31-27-61(28-32-63)59-23-19-57(20-24-59)50(3)4/h10-50,70-71H,1-9H3. The second-order valence-electron chi connectivity index (χ2n) is 22.9. The van der Waals surface area contributed by atoms with E-state index in [1.807, 2.05) is 0 Å². The Kier molecular flexibility index (Phi) is 13.7. The summed E-state index contributed by atoms with van der Waals surface area (Å²) in [7, 11) is 0. The fourth-order valence-electron chi connectivity index (χ4n) is 12.2. The summed E-state index contributed by atoms with van der Waals surface area (Å²) < 4.78 is 0. The molecule has 12 rings (SSSR count). The highest BCUT2D eigenvalue weighted by Gasteiger charge is 2.36. The zero-order chi connectivity index (χ0) is 54.5. The van der Waals surface area contributed by atoms with Gasteiger partial charge in [-0.2, -0.15) is 0 Å². The molecule has 0 radical (unpaired) electrons. The summed E-state index contributed by atoms with van der Waals surface area (Å²) in [6, 6.07) is 79.9. The molecule has 2 unspecified atom stereocenters. The Morgan fingerprint density at radius 2 is 0.759 bits per heavy atom. The maximum atomic E-state index is 2.55. The number of fused-ring (bicyclic) bond motifs is 5. The van der Waals surface area contributed by atoms with Crippen molar-refractivity contribution in [1.82, 2.24) is 0 Å². The molecular formula is C77H70N2. The minimum absolute atomic E-state index is 0.0763. The van der Waals surface area contributed by atoms with E-state index in [1.165, 1.54) is 128 Å². The number of allylic oxidation sites excluding steroid dienone is 4. The highest BCUT2D eigenvalue weighted by Crippen LogP contribution is 2.52. The second-order valence-corrected chi connectivity index (χ2v) is 22.9. The van der Waals surface area contributed by atoms with Crippen molar-refractivity contribution in [2.75, 3.05) is 9.80 Å². The van der Waals surface area contributed by atoms with Crippen LogP contribution < -0.4 is 9.80 Å². The van der Waals surface area contributed by atoms with Crippen LogP contribution >= 0.6 is 0 Å². The Morgan fingerprint density at radius 3 is 1.19 bits per heavy atom. The van der Waals surface area contributed by atoms with Gasteiger partial charge in [0.15, 0.2) is 0 Å². The molecular weight excluding hydrogens is 953 g/mol. The fraction of sp³-hybridized carbons (Fsp3) is 0.169. The Morgan fingerprint density at radius 1 is 0.367 bits per heavy atom. The molecule has 0 spiro atoms. The average molecular weight is 1020 g/mol. The first-order valence-corrected chi connectivity index (χ1v) is 28.4. The minimum atomic E-state index is 0.0763. The summed E-state index contributed by atoms with van der Waals surface area (Å²) in [5, 5.41) is 2.46. The van der Waals surface area contributed by atoms with Crippen molar-refractivity contribution in [3.05, 3.63) is 286 Å². The van der Waals surface area contributed by atoms with Crippen LogP contribution in [0.15, 0.2) is 242 Å². The molecule has 0 saturated heterocycles. The molecule has 10 aromatic rings. The molecule has 10 aromatic carbocycles. The van der Waals surface area contributed by atoms with Gasteiger partial charge >= 0.3 is 0 Å². The van der Waals surface area contributed by atoms with Crippen LogP contribution in [0.25, 0.3) is 61.4 Å². The first-order valence-electron chi connectivity index (χ1n) is 28.4. The number of benzene rings is 10. The Bertz CT molecular complexity index is 3960. The summed E-state index contributed by atoms with van der Waals surface area (Å²) in [6.07, 6.45) is 9.82. The van der Waals surface area contributed by atoms with Gasteiger partial charge < -0.3 is 9.80 Å². The quantitative estimate of drug-likeness (QED) is 0.120. The summed E-state index contributed by atoms with van der Waals surface area (Å²) in [5.74, 6) is 1.20. The van der Waals surface area contributed by atoms with Crippen LogP contribution in [-0.2, 0) is 0 Å². The average Bonchev–Trinajstić information content (AvgIpc) is 3.50. The van der Waals surface area contributed by atoms with E-state index in [-0.39, 0.29) is 11.8 Å². The molecule has 0 heterocycles. The summed E-state index contributed by atoms with van der Waals surface area (Å²) in [4.78, 5) is 5.06. The number of rotatable bonds is 12. The highest BCUT2D eigenvalue weighted by molar-refractivity contribution is 6.05. The van der Waals surface area contributed by atoms with E-state index in [2.05, 4.69) is 309 Å². The maximum Gasteiger partial charge on any atom is 0.0543 e. The van der Waals surface area contributed by atoms with E-state index in [1.54, 1.807) is 0 Å². The van der Waals surface area contributed by atoms with Gasteiger partial charge in [0, 0.05) is 45.7 Å². The van der Waals surface area contributed by atoms with Crippen molar-refractivity contribution in [3.8, 4) is 44.5 Å². The van der Waals surface area contributed by atoms with Gasteiger partial charge in [0.2, 0.25) is 0 Å². The zero-order valence-electron chi connectivity index (χ0n) is 47.2. The van der Waals surface area contributed by atoms with E-state index in [0.29, 0.717) is 11.8 Å². The molecule has 0 aliphatic heterocycles. The van der Waals surface area contributed by atoms with Crippen molar-refractivity contribution in [1.29, 1.82) is 0 Å². The molecule has 79 heavy (non-hydrogen) atoms. The Hall–Kier alpha value is -8.72. The van der Waals surface area contributed by atoms with E-state index in [0.717, 1.165) is 11.4 Å². The lowest BCUT2D eigenvalue weighted by Gasteiger charge is -2.41. The van der Waals surface area contributed by atoms with Crippen LogP contribution in [0.5, 0.6) is 0 Å². The third-order valence-electron chi connectivity index (χ3n) is 16.7. The topological polar surface area (TPSA) is 6.48 Å². The van der Waals surface area contributed by atoms with Gasteiger partial charge in [0.1, 0.15) is 0 Å².